The molecular formula is C14H14BrNO5S. The molecule has 8 heteroatoms. The minimum atomic E-state index is -3.38. The Morgan fingerprint density at radius 1 is 1.14 bits per heavy atom. The summed E-state index contributed by atoms with van der Waals surface area (Å²) < 4.78 is 41.2. The molecule has 1 aromatic heterocycles. The summed E-state index contributed by atoms with van der Waals surface area (Å²) in [7, 11) is -3.38. The maximum absolute atomic E-state index is 12.3. The van der Waals surface area contributed by atoms with Crippen LogP contribution in [0.1, 0.15) is 17.0 Å². The van der Waals surface area contributed by atoms with Crippen molar-refractivity contribution in [1.29, 1.82) is 0 Å². The van der Waals surface area contributed by atoms with Gasteiger partial charge in [0.15, 0.2) is 27.1 Å². The molecule has 0 N–H and O–H groups in total. The van der Waals surface area contributed by atoms with Crippen LogP contribution in [0.2, 0.25) is 0 Å². The number of hydrogen-bond acceptors (Lipinski definition) is 6. The normalized spacial score (nSPS) is 14.1. The SMILES string of the molecule is Cc1cc(CS(=O)(=O)Cc2cc3c(cc2Br)OCCO3)on1. The Kier molecular flexibility index (Phi) is 4.14. The van der Waals surface area contributed by atoms with E-state index in [-0.39, 0.29) is 11.5 Å². The molecule has 0 aliphatic carbocycles. The summed E-state index contributed by atoms with van der Waals surface area (Å²) in [5.74, 6) is 1.21. The Morgan fingerprint density at radius 2 is 1.82 bits per heavy atom. The van der Waals surface area contributed by atoms with Crippen LogP contribution in [0.5, 0.6) is 11.5 Å². The summed E-state index contributed by atoms with van der Waals surface area (Å²) in [6.45, 7) is 2.69. The predicted octanol–water partition coefficient (Wildman–Crippen LogP) is 2.63. The molecule has 0 atom stereocenters. The molecule has 1 aromatic carbocycles. The summed E-state index contributed by atoms with van der Waals surface area (Å²) >= 11 is 3.38. The molecular weight excluding hydrogens is 374 g/mol. The van der Waals surface area contributed by atoms with Crippen molar-refractivity contribution in [2.75, 3.05) is 13.2 Å². The molecule has 0 amide bonds. The van der Waals surface area contributed by atoms with Crippen molar-refractivity contribution in [2.45, 2.75) is 18.4 Å². The monoisotopic (exact) mass is 387 g/mol. The molecule has 1 aliphatic heterocycles. The van der Waals surface area contributed by atoms with Gasteiger partial charge in [-0.1, -0.05) is 21.1 Å². The summed E-state index contributed by atoms with van der Waals surface area (Å²) in [4.78, 5) is 0. The molecule has 1 aliphatic rings. The molecule has 2 heterocycles. The Hall–Kier alpha value is -1.54. The minimum Gasteiger partial charge on any atom is -0.486 e. The lowest BCUT2D eigenvalue weighted by Crippen LogP contribution is -2.16. The van der Waals surface area contributed by atoms with E-state index in [0.29, 0.717) is 46.2 Å². The van der Waals surface area contributed by atoms with E-state index < -0.39 is 9.84 Å². The third kappa shape index (κ3) is 3.44. The van der Waals surface area contributed by atoms with Crippen molar-refractivity contribution in [1.82, 2.24) is 5.16 Å². The van der Waals surface area contributed by atoms with Crippen molar-refractivity contribution in [3.63, 3.8) is 0 Å². The second-order valence-electron chi connectivity index (χ2n) is 5.05. The number of hydrogen-bond donors (Lipinski definition) is 0. The van der Waals surface area contributed by atoms with Gasteiger partial charge in [-0.05, 0) is 24.6 Å². The van der Waals surface area contributed by atoms with Gasteiger partial charge in [0.1, 0.15) is 19.0 Å². The number of halogens is 1. The highest BCUT2D eigenvalue weighted by Crippen LogP contribution is 2.36. The van der Waals surface area contributed by atoms with Crippen LogP contribution in [0.15, 0.2) is 27.2 Å². The second-order valence-corrected chi connectivity index (χ2v) is 7.97. The lowest BCUT2D eigenvalue weighted by atomic mass is 10.2. The van der Waals surface area contributed by atoms with E-state index in [1.165, 1.54) is 0 Å². The van der Waals surface area contributed by atoms with Crippen LogP contribution < -0.4 is 9.47 Å². The first-order valence-corrected chi connectivity index (χ1v) is 9.25. The van der Waals surface area contributed by atoms with Gasteiger partial charge in [0.05, 0.1) is 11.4 Å². The number of aromatic nitrogens is 1. The zero-order valence-electron chi connectivity index (χ0n) is 11.8. The maximum atomic E-state index is 12.3. The van der Waals surface area contributed by atoms with Gasteiger partial charge in [-0.15, -0.1) is 0 Å². The Balaban J connectivity index is 1.82. The van der Waals surface area contributed by atoms with E-state index in [0.717, 1.165) is 0 Å². The van der Waals surface area contributed by atoms with Gasteiger partial charge in [0.25, 0.3) is 0 Å². The van der Waals surface area contributed by atoms with Crippen molar-refractivity contribution in [3.8, 4) is 11.5 Å². The van der Waals surface area contributed by atoms with Gasteiger partial charge in [-0.2, -0.15) is 0 Å². The Morgan fingerprint density at radius 3 is 2.45 bits per heavy atom. The molecule has 0 saturated carbocycles. The van der Waals surface area contributed by atoms with E-state index in [9.17, 15) is 8.42 Å². The second kappa shape index (κ2) is 5.92. The van der Waals surface area contributed by atoms with Crippen molar-refractivity contribution in [3.05, 3.63) is 39.7 Å². The van der Waals surface area contributed by atoms with Crippen LogP contribution in [-0.2, 0) is 21.3 Å². The van der Waals surface area contributed by atoms with Crippen LogP contribution in [0, 0.1) is 6.92 Å². The first kappa shape index (κ1) is 15.4. The zero-order chi connectivity index (χ0) is 15.7. The van der Waals surface area contributed by atoms with Gasteiger partial charge in [-0.3, -0.25) is 0 Å². The molecule has 0 unspecified atom stereocenters. The highest BCUT2D eigenvalue weighted by molar-refractivity contribution is 9.10. The van der Waals surface area contributed by atoms with Gasteiger partial charge >= 0.3 is 0 Å². The summed E-state index contributed by atoms with van der Waals surface area (Å²) in [6.07, 6.45) is 0. The largest absolute Gasteiger partial charge is 0.486 e. The van der Waals surface area contributed by atoms with Crippen LogP contribution in [0.3, 0.4) is 0 Å². The molecule has 22 heavy (non-hydrogen) atoms. The van der Waals surface area contributed by atoms with E-state index in [2.05, 4.69) is 21.1 Å². The fourth-order valence-electron chi connectivity index (χ4n) is 2.21. The first-order valence-electron chi connectivity index (χ1n) is 6.63. The van der Waals surface area contributed by atoms with Crippen molar-refractivity contribution >= 4 is 25.8 Å². The predicted molar refractivity (Wildman–Crippen MR) is 82.7 cm³/mol. The van der Waals surface area contributed by atoms with E-state index in [4.69, 9.17) is 14.0 Å². The lowest BCUT2D eigenvalue weighted by molar-refractivity contribution is 0.171. The fourth-order valence-corrected chi connectivity index (χ4v) is 4.24. The van der Waals surface area contributed by atoms with Gasteiger partial charge in [0, 0.05) is 10.5 Å². The molecule has 0 saturated heterocycles. The molecule has 6 nitrogen and oxygen atoms in total. The third-order valence-corrected chi connectivity index (χ3v) is 5.34. The smallest absolute Gasteiger partial charge is 0.162 e. The number of fused-ring (bicyclic) bond motifs is 1. The lowest BCUT2D eigenvalue weighted by Gasteiger charge is -2.19. The zero-order valence-corrected chi connectivity index (χ0v) is 14.2. The molecule has 2 aromatic rings. The minimum absolute atomic E-state index is 0.121. The molecule has 3 rings (SSSR count). The van der Waals surface area contributed by atoms with Crippen LogP contribution in [0.4, 0.5) is 0 Å². The van der Waals surface area contributed by atoms with Gasteiger partial charge in [-0.25, -0.2) is 8.42 Å². The summed E-state index contributed by atoms with van der Waals surface area (Å²) in [6, 6.07) is 5.05. The number of ether oxygens (including phenoxy) is 2. The van der Waals surface area contributed by atoms with E-state index >= 15 is 0 Å². The average Bonchev–Trinajstić information content (AvgIpc) is 2.83. The maximum Gasteiger partial charge on any atom is 0.162 e. The Bertz CT molecular complexity index is 800. The van der Waals surface area contributed by atoms with Crippen molar-refractivity contribution in [2.24, 2.45) is 0 Å². The molecule has 118 valence electrons. The number of nitrogens with zero attached hydrogens (tertiary/aromatic N) is 1. The van der Waals surface area contributed by atoms with Gasteiger partial charge in [0.2, 0.25) is 0 Å². The standard InChI is InChI=1S/C14H14BrNO5S/c1-9-4-11(21-16-9)8-22(17,18)7-10-5-13-14(6-12(10)15)20-3-2-19-13/h4-6H,2-3,7-8H2,1H3. The van der Waals surface area contributed by atoms with Gasteiger partial charge < -0.3 is 14.0 Å². The number of benzene rings is 1. The highest BCUT2D eigenvalue weighted by atomic mass is 79.9. The molecule has 0 fully saturated rings. The van der Waals surface area contributed by atoms with Crippen LogP contribution in [0.25, 0.3) is 0 Å². The quantitative estimate of drug-likeness (QED) is 0.802. The van der Waals surface area contributed by atoms with E-state index in [1.807, 2.05) is 0 Å². The van der Waals surface area contributed by atoms with Crippen LogP contribution >= 0.6 is 15.9 Å². The van der Waals surface area contributed by atoms with Crippen molar-refractivity contribution < 1.29 is 22.4 Å². The Labute approximate surface area is 136 Å². The highest BCUT2D eigenvalue weighted by Gasteiger charge is 2.21. The first-order chi connectivity index (χ1) is 10.4. The number of aryl methyl sites for hydroxylation is 1. The molecule has 0 bridgehead atoms. The summed E-state index contributed by atoms with van der Waals surface area (Å²) in [5, 5.41) is 3.70. The van der Waals surface area contributed by atoms with E-state index in [1.54, 1.807) is 25.1 Å². The fraction of sp³-hybridized carbons (Fsp3) is 0.357. The average molecular weight is 388 g/mol. The summed E-state index contributed by atoms with van der Waals surface area (Å²) in [5.41, 5.74) is 1.28. The number of rotatable bonds is 4. The van der Waals surface area contributed by atoms with Crippen LogP contribution in [-0.4, -0.2) is 26.8 Å². The topological polar surface area (TPSA) is 78.6 Å². The number of sulfone groups is 1. The molecule has 0 spiro atoms. The molecule has 0 radical (unpaired) electrons. The third-order valence-electron chi connectivity index (χ3n) is 3.13.